The number of ether oxygens (including phenoxy) is 1. The number of terminal acetylenes is 1. The average molecular weight is 195 g/mol. The Kier molecular flexibility index (Phi) is 5.66. The number of rotatable bonds is 5. The second-order valence-corrected chi connectivity index (χ2v) is 3.97. The first-order valence-electron chi connectivity index (χ1n) is 5.56. The van der Waals surface area contributed by atoms with Crippen LogP contribution in [0.15, 0.2) is 0 Å². The predicted molar refractivity (Wildman–Crippen MR) is 59.1 cm³/mol. The van der Waals surface area contributed by atoms with Crippen LogP contribution in [0, 0.1) is 12.3 Å². The normalized spacial score (nSPS) is 27.1. The molecule has 0 spiro atoms. The molecular formula is C12H21NO. The minimum atomic E-state index is 0.499. The zero-order chi connectivity index (χ0) is 10.2. The zero-order valence-electron chi connectivity index (χ0n) is 9.09. The van der Waals surface area contributed by atoms with Crippen molar-refractivity contribution in [2.24, 2.45) is 0 Å². The van der Waals surface area contributed by atoms with E-state index in [9.17, 15) is 0 Å². The largest absolute Gasteiger partial charge is 0.381 e. The highest BCUT2D eigenvalue weighted by atomic mass is 16.5. The number of hydrogen-bond acceptors (Lipinski definition) is 2. The summed E-state index contributed by atoms with van der Waals surface area (Å²) < 4.78 is 5.33. The summed E-state index contributed by atoms with van der Waals surface area (Å²) in [6.45, 7) is 1.06. The highest BCUT2D eigenvalue weighted by molar-refractivity contribution is 4.84. The molecule has 1 rings (SSSR count). The van der Waals surface area contributed by atoms with Gasteiger partial charge in [-0.15, -0.1) is 12.3 Å². The van der Waals surface area contributed by atoms with Crippen LogP contribution in [0.25, 0.3) is 0 Å². The maximum Gasteiger partial charge on any atom is 0.0572 e. The fourth-order valence-electron chi connectivity index (χ4n) is 2.00. The summed E-state index contributed by atoms with van der Waals surface area (Å²) >= 11 is 0. The summed E-state index contributed by atoms with van der Waals surface area (Å²) in [5, 5.41) is 3.55. The molecular weight excluding hydrogens is 174 g/mol. The Morgan fingerprint density at radius 3 is 2.64 bits per heavy atom. The van der Waals surface area contributed by atoms with Crippen molar-refractivity contribution >= 4 is 0 Å². The number of nitrogens with one attached hydrogen (secondary N) is 1. The Bertz CT molecular complexity index is 177. The molecule has 1 aliphatic rings. The first-order valence-corrected chi connectivity index (χ1v) is 5.56. The molecule has 0 atom stereocenters. The minimum Gasteiger partial charge on any atom is -0.381 e. The van der Waals surface area contributed by atoms with Crippen molar-refractivity contribution in [1.29, 1.82) is 0 Å². The Labute approximate surface area is 87.4 Å². The van der Waals surface area contributed by atoms with Gasteiger partial charge < -0.3 is 10.1 Å². The van der Waals surface area contributed by atoms with Crippen molar-refractivity contribution in [1.82, 2.24) is 5.32 Å². The maximum absolute atomic E-state index is 5.33. The van der Waals surface area contributed by atoms with Crippen molar-refractivity contribution in [3.05, 3.63) is 0 Å². The smallest absolute Gasteiger partial charge is 0.0572 e. The van der Waals surface area contributed by atoms with E-state index in [4.69, 9.17) is 11.2 Å². The van der Waals surface area contributed by atoms with E-state index in [2.05, 4.69) is 11.2 Å². The quantitative estimate of drug-likeness (QED) is 0.535. The molecule has 1 N–H and O–H groups in total. The van der Waals surface area contributed by atoms with Crippen LogP contribution in [0.5, 0.6) is 0 Å². The zero-order valence-corrected chi connectivity index (χ0v) is 9.09. The van der Waals surface area contributed by atoms with Crippen LogP contribution in [-0.2, 0) is 4.74 Å². The number of hydrogen-bond donors (Lipinski definition) is 1. The van der Waals surface area contributed by atoms with Crippen molar-refractivity contribution in [2.75, 3.05) is 13.7 Å². The molecule has 2 nitrogen and oxygen atoms in total. The van der Waals surface area contributed by atoms with Gasteiger partial charge in [0.25, 0.3) is 0 Å². The van der Waals surface area contributed by atoms with E-state index in [-0.39, 0.29) is 0 Å². The molecule has 2 heteroatoms. The first kappa shape index (κ1) is 11.6. The number of unbranched alkanes of at least 4 members (excludes halogenated alkanes) is 1. The second-order valence-electron chi connectivity index (χ2n) is 3.97. The van der Waals surface area contributed by atoms with E-state index < -0.39 is 0 Å². The lowest BCUT2D eigenvalue weighted by Gasteiger charge is -2.28. The maximum atomic E-state index is 5.33. The van der Waals surface area contributed by atoms with E-state index in [1.54, 1.807) is 0 Å². The molecule has 0 radical (unpaired) electrons. The van der Waals surface area contributed by atoms with E-state index in [0.29, 0.717) is 12.1 Å². The van der Waals surface area contributed by atoms with Gasteiger partial charge in [0, 0.05) is 19.6 Å². The third-order valence-corrected chi connectivity index (χ3v) is 2.94. The van der Waals surface area contributed by atoms with Gasteiger partial charge in [0.15, 0.2) is 0 Å². The van der Waals surface area contributed by atoms with Crippen LogP contribution in [0.2, 0.25) is 0 Å². The minimum absolute atomic E-state index is 0.499. The lowest BCUT2D eigenvalue weighted by molar-refractivity contribution is 0.0626. The Morgan fingerprint density at radius 2 is 2.07 bits per heavy atom. The van der Waals surface area contributed by atoms with Gasteiger partial charge in [0.2, 0.25) is 0 Å². The first-order chi connectivity index (χ1) is 6.86. The van der Waals surface area contributed by atoms with Crippen molar-refractivity contribution in [2.45, 2.75) is 50.7 Å². The molecule has 14 heavy (non-hydrogen) atoms. The molecule has 1 fully saturated rings. The van der Waals surface area contributed by atoms with Gasteiger partial charge in [-0.1, -0.05) is 0 Å². The van der Waals surface area contributed by atoms with E-state index in [1.807, 2.05) is 7.11 Å². The monoisotopic (exact) mass is 195 g/mol. The van der Waals surface area contributed by atoms with E-state index in [0.717, 1.165) is 19.4 Å². The lowest BCUT2D eigenvalue weighted by Crippen LogP contribution is -2.35. The second kappa shape index (κ2) is 6.86. The molecule has 0 bridgehead atoms. The van der Waals surface area contributed by atoms with Gasteiger partial charge in [-0.3, -0.25) is 0 Å². The Morgan fingerprint density at radius 1 is 1.36 bits per heavy atom. The third-order valence-electron chi connectivity index (χ3n) is 2.94. The van der Waals surface area contributed by atoms with Crippen LogP contribution >= 0.6 is 0 Å². The third kappa shape index (κ3) is 4.13. The summed E-state index contributed by atoms with van der Waals surface area (Å²) in [6, 6.07) is 0.694. The van der Waals surface area contributed by atoms with Gasteiger partial charge >= 0.3 is 0 Å². The molecule has 0 aromatic carbocycles. The fourth-order valence-corrected chi connectivity index (χ4v) is 2.00. The summed E-state index contributed by atoms with van der Waals surface area (Å²) in [6.07, 6.45) is 12.6. The van der Waals surface area contributed by atoms with Crippen molar-refractivity contribution < 1.29 is 4.74 Å². The molecule has 0 unspecified atom stereocenters. The molecule has 1 aliphatic carbocycles. The number of methoxy groups -OCH3 is 1. The Hall–Kier alpha value is -0.520. The van der Waals surface area contributed by atoms with E-state index >= 15 is 0 Å². The summed E-state index contributed by atoms with van der Waals surface area (Å²) in [7, 11) is 1.81. The molecule has 0 aliphatic heterocycles. The van der Waals surface area contributed by atoms with Gasteiger partial charge in [0.1, 0.15) is 0 Å². The van der Waals surface area contributed by atoms with Gasteiger partial charge in [-0.05, 0) is 38.6 Å². The molecule has 80 valence electrons. The fraction of sp³-hybridized carbons (Fsp3) is 0.833. The molecule has 1 saturated carbocycles. The molecule has 0 aromatic rings. The SMILES string of the molecule is C#CCCCNC1CCC(OC)CC1. The topological polar surface area (TPSA) is 21.3 Å². The predicted octanol–water partition coefficient (Wildman–Crippen LogP) is 1.95. The molecule has 0 heterocycles. The standard InChI is InChI=1S/C12H21NO/c1-3-4-5-10-13-11-6-8-12(14-2)9-7-11/h1,11-13H,4-10H2,2H3. The summed E-state index contributed by atoms with van der Waals surface area (Å²) in [5.74, 6) is 2.66. The van der Waals surface area contributed by atoms with Crippen LogP contribution in [0.4, 0.5) is 0 Å². The molecule has 0 amide bonds. The van der Waals surface area contributed by atoms with Crippen LogP contribution in [0.1, 0.15) is 38.5 Å². The van der Waals surface area contributed by atoms with Crippen LogP contribution in [0.3, 0.4) is 0 Å². The van der Waals surface area contributed by atoms with Crippen molar-refractivity contribution in [3.63, 3.8) is 0 Å². The van der Waals surface area contributed by atoms with Gasteiger partial charge in [-0.25, -0.2) is 0 Å². The van der Waals surface area contributed by atoms with Gasteiger partial charge in [0.05, 0.1) is 6.10 Å². The van der Waals surface area contributed by atoms with Crippen molar-refractivity contribution in [3.8, 4) is 12.3 Å². The molecule has 0 aromatic heterocycles. The van der Waals surface area contributed by atoms with Crippen LogP contribution in [-0.4, -0.2) is 25.8 Å². The highest BCUT2D eigenvalue weighted by Crippen LogP contribution is 2.20. The summed E-state index contributed by atoms with van der Waals surface area (Å²) in [4.78, 5) is 0. The average Bonchev–Trinajstić information content (AvgIpc) is 2.25. The summed E-state index contributed by atoms with van der Waals surface area (Å²) in [5.41, 5.74) is 0. The lowest BCUT2D eigenvalue weighted by atomic mass is 9.93. The van der Waals surface area contributed by atoms with E-state index in [1.165, 1.54) is 25.7 Å². The Balaban J connectivity index is 2.02. The van der Waals surface area contributed by atoms with Gasteiger partial charge in [-0.2, -0.15) is 0 Å². The molecule has 0 saturated heterocycles. The highest BCUT2D eigenvalue weighted by Gasteiger charge is 2.19. The van der Waals surface area contributed by atoms with Crippen LogP contribution < -0.4 is 5.32 Å².